The van der Waals surface area contributed by atoms with Crippen LogP contribution in [-0.2, 0) is 44.2 Å². The molecule has 0 unspecified atom stereocenters. The number of rotatable bonds is 12. The number of nitrogens with zero attached hydrogens (tertiary/aromatic N) is 6. The molecule has 4 atom stereocenters. The average Bonchev–Trinajstić information content (AvgIpc) is 3.97. The second-order valence-electron chi connectivity index (χ2n) is 17.6. The summed E-state index contributed by atoms with van der Waals surface area (Å²) in [5.74, 6) is 1.03. The van der Waals surface area contributed by atoms with Crippen LogP contribution in [0.4, 0.5) is 28.4 Å². The Morgan fingerprint density at radius 1 is 0.800 bits per heavy atom. The summed E-state index contributed by atoms with van der Waals surface area (Å²) in [7, 11) is -0.863. The number of carbonyl (C=O) groups is 3. The Bertz CT molecular complexity index is 2810. The van der Waals surface area contributed by atoms with E-state index in [9.17, 15) is 14.7 Å². The first kappa shape index (κ1) is 42.2. The lowest BCUT2D eigenvalue weighted by atomic mass is 9.82. The van der Waals surface area contributed by atoms with Crippen molar-refractivity contribution in [3.05, 3.63) is 138 Å². The molecule has 0 radical (unpaired) electrons. The van der Waals surface area contributed by atoms with Gasteiger partial charge in [0.1, 0.15) is 17.2 Å². The molecular weight excluding hydrogens is 841 g/mol. The topological polar surface area (TPSA) is 149 Å². The maximum absolute atomic E-state index is 15.9. The molecule has 5 aromatic carbocycles. The number of aromatic nitrogens is 3. The largest absolute Gasteiger partial charge is 0.497 e. The molecule has 1 fully saturated rings. The predicted octanol–water partition coefficient (Wildman–Crippen LogP) is 6.79. The Balaban J connectivity index is 1.09. The minimum absolute atomic E-state index is 0.0283. The fraction of sp³-hybridized carbons (Fsp3) is 0.300. The molecule has 4 aliphatic heterocycles. The Hall–Kier alpha value is -6.81. The molecule has 1 spiro atoms. The normalized spacial score (nSPS) is 21.3. The summed E-state index contributed by atoms with van der Waals surface area (Å²) >= 11 is 0. The number of para-hydroxylation sites is 4. The van der Waals surface area contributed by atoms with Gasteiger partial charge in [-0.25, -0.2) is 0 Å². The van der Waals surface area contributed by atoms with Crippen LogP contribution in [0.1, 0.15) is 30.2 Å². The van der Waals surface area contributed by atoms with E-state index in [0.717, 1.165) is 11.3 Å². The van der Waals surface area contributed by atoms with Crippen molar-refractivity contribution in [2.75, 3.05) is 41.6 Å². The summed E-state index contributed by atoms with van der Waals surface area (Å²) in [6, 6.07) is 36.6. The first-order chi connectivity index (χ1) is 31.5. The first-order valence-electron chi connectivity index (χ1n) is 22.0. The van der Waals surface area contributed by atoms with Gasteiger partial charge in [0.25, 0.3) is 17.7 Å². The Morgan fingerprint density at radius 3 is 2.12 bits per heavy atom. The molecule has 10 rings (SSSR count). The molecule has 3 amide bonds. The van der Waals surface area contributed by atoms with E-state index in [0.29, 0.717) is 70.6 Å². The lowest BCUT2D eigenvalue weighted by Gasteiger charge is -2.37. The van der Waals surface area contributed by atoms with E-state index in [4.69, 9.17) is 18.9 Å². The molecule has 1 aromatic heterocycles. The van der Waals surface area contributed by atoms with Crippen LogP contribution >= 0.6 is 0 Å². The molecule has 1 saturated heterocycles. The highest BCUT2D eigenvalue weighted by molar-refractivity contribution is 6.91. The third-order valence-corrected chi connectivity index (χ3v) is 18.0. The van der Waals surface area contributed by atoms with E-state index in [1.165, 1.54) is 5.19 Å². The van der Waals surface area contributed by atoms with Crippen molar-refractivity contribution in [1.29, 1.82) is 0 Å². The van der Waals surface area contributed by atoms with Gasteiger partial charge in [-0.2, -0.15) is 0 Å². The maximum atomic E-state index is 15.9. The van der Waals surface area contributed by atoms with Gasteiger partial charge in [-0.1, -0.05) is 78.9 Å². The van der Waals surface area contributed by atoms with Gasteiger partial charge < -0.3 is 29.0 Å². The number of carbonyl (C=O) groups excluding carboxylic acids is 3. The number of aryl methyl sites for hydroxylation is 1. The number of aliphatic hydroxyl groups excluding tert-OH is 1. The standard InChI is InChI=1S/C50H50N6O8Si/c1-32-48(65(3,4)38-19-17-37(61-2)18-20-38)45(22-24-53-29-34(23-25-57)51-52-53)64-50(32)39-27-36(56-42-13-6-8-15-44(42)63-31-47(56)59)16-21-40(39)54(49(50)60)28-33-10-9-11-35(26-33)55-41-12-5-7-14-43(41)62-30-46(55)58/h5-21,26-27,29,32,45,48,57H,22-25,28,30-31H2,1-4H3/t32-,45+,48-,50+/m0/s1. The molecule has 4 aliphatic rings. The van der Waals surface area contributed by atoms with Crippen LogP contribution in [0, 0.1) is 5.92 Å². The summed E-state index contributed by atoms with van der Waals surface area (Å²) < 4.78 is 26.4. The van der Waals surface area contributed by atoms with Gasteiger partial charge in [0, 0.05) is 48.6 Å². The summed E-state index contributed by atoms with van der Waals surface area (Å²) in [4.78, 5) is 48.2. The van der Waals surface area contributed by atoms with Crippen LogP contribution < -0.4 is 34.1 Å². The number of benzene rings is 5. The van der Waals surface area contributed by atoms with Crippen molar-refractivity contribution in [2.24, 2.45) is 5.92 Å². The van der Waals surface area contributed by atoms with E-state index in [1.807, 2.05) is 109 Å². The monoisotopic (exact) mass is 890 g/mol. The summed E-state index contributed by atoms with van der Waals surface area (Å²) in [5, 5.41) is 19.4. The van der Waals surface area contributed by atoms with Gasteiger partial charge in [-0.15, -0.1) is 5.10 Å². The van der Waals surface area contributed by atoms with E-state index in [2.05, 4.69) is 42.5 Å². The quantitative estimate of drug-likeness (QED) is 0.130. The van der Waals surface area contributed by atoms with Crippen molar-refractivity contribution in [2.45, 2.75) is 63.2 Å². The highest BCUT2D eigenvalue weighted by atomic mass is 28.3. The zero-order valence-corrected chi connectivity index (χ0v) is 37.7. The fourth-order valence-electron chi connectivity index (χ4n) is 10.6. The molecular formula is C50H50N6O8Si. The summed E-state index contributed by atoms with van der Waals surface area (Å²) in [5.41, 5.74) is 3.92. The van der Waals surface area contributed by atoms with Crippen molar-refractivity contribution in [3.63, 3.8) is 0 Å². The van der Waals surface area contributed by atoms with Crippen LogP contribution in [0.15, 0.2) is 121 Å². The van der Waals surface area contributed by atoms with Crippen molar-refractivity contribution >= 4 is 59.4 Å². The molecule has 5 heterocycles. The third-order valence-electron chi connectivity index (χ3n) is 13.6. The zero-order valence-electron chi connectivity index (χ0n) is 36.7. The second kappa shape index (κ2) is 16.6. The van der Waals surface area contributed by atoms with Crippen molar-refractivity contribution in [1.82, 2.24) is 15.0 Å². The molecule has 1 N–H and O–H groups in total. The molecule has 0 saturated carbocycles. The number of anilines is 5. The molecule has 6 aromatic rings. The average molecular weight is 891 g/mol. The number of ether oxygens (including phenoxy) is 4. The smallest absolute Gasteiger partial charge is 0.269 e. The van der Waals surface area contributed by atoms with Crippen molar-refractivity contribution in [3.8, 4) is 17.2 Å². The molecule has 0 bridgehead atoms. The summed E-state index contributed by atoms with van der Waals surface area (Å²) in [6.45, 7) is 7.26. The van der Waals surface area contributed by atoms with Gasteiger partial charge in [-0.05, 0) is 84.3 Å². The Labute approximate surface area is 377 Å². The van der Waals surface area contributed by atoms with Gasteiger partial charge in [0.05, 0.1) is 50.6 Å². The minimum atomic E-state index is -2.52. The SMILES string of the molecule is COc1ccc([Si](C)(C)[C@@H]2[C@@H](CCn3cc(CCO)nn3)O[C@]3(C(=O)N(Cc4cccc(N5C(=O)COc6ccccc65)c4)c4ccc(N5C(=O)COc6ccccc65)cc43)[C@H]2C)cc1. The first-order valence-corrected chi connectivity index (χ1v) is 25.1. The fourth-order valence-corrected chi connectivity index (χ4v) is 14.6. The van der Waals surface area contributed by atoms with E-state index in [-0.39, 0.29) is 61.6 Å². The minimum Gasteiger partial charge on any atom is -0.497 e. The highest BCUT2D eigenvalue weighted by Gasteiger charge is 2.66. The maximum Gasteiger partial charge on any atom is 0.269 e. The number of fused-ring (bicyclic) bond motifs is 4. The highest BCUT2D eigenvalue weighted by Crippen LogP contribution is 2.61. The van der Waals surface area contributed by atoms with Crippen LogP contribution in [0.3, 0.4) is 0 Å². The number of methoxy groups -OCH3 is 1. The van der Waals surface area contributed by atoms with Crippen LogP contribution in [0.5, 0.6) is 17.2 Å². The number of hydrogen-bond acceptors (Lipinski definition) is 10. The van der Waals surface area contributed by atoms with Gasteiger partial charge in [0.15, 0.2) is 18.8 Å². The molecule has 0 aliphatic carbocycles. The second-order valence-corrected chi connectivity index (χ2v) is 22.3. The summed E-state index contributed by atoms with van der Waals surface area (Å²) in [6.07, 6.45) is 2.41. The number of aliphatic hydroxyl groups is 1. The molecule has 332 valence electrons. The lowest BCUT2D eigenvalue weighted by Crippen LogP contribution is -2.51. The van der Waals surface area contributed by atoms with E-state index >= 15 is 4.79 Å². The van der Waals surface area contributed by atoms with E-state index in [1.54, 1.807) is 26.5 Å². The third kappa shape index (κ3) is 7.14. The molecule has 65 heavy (non-hydrogen) atoms. The molecule has 15 heteroatoms. The Kier molecular flexibility index (Phi) is 10.8. The van der Waals surface area contributed by atoms with E-state index < -0.39 is 13.7 Å². The zero-order chi connectivity index (χ0) is 45.0. The van der Waals surface area contributed by atoms with Crippen LogP contribution in [0.2, 0.25) is 18.6 Å². The van der Waals surface area contributed by atoms with Crippen molar-refractivity contribution < 1.29 is 38.4 Å². The number of amides is 3. The van der Waals surface area contributed by atoms with Crippen LogP contribution in [-0.4, -0.2) is 78.9 Å². The lowest BCUT2D eigenvalue weighted by molar-refractivity contribution is -0.146. The molecule has 14 nitrogen and oxygen atoms in total. The predicted molar refractivity (Wildman–Crippen MR) is 247 cm³/mol. The van der Waals surface area contributed by atoms with Gasteiger partial charge in [-0.3, -0.25) is 28.9 Å². The Morgan fingerprint density at radius 2 is 1.46 bits per heavy atom. The number of hydrogen-bond donors (Lipinski definition) is 1. The van der Waals surface area contributed by atoms with Gasteiger partial charge >= 0.3 is 0 Å². The van der Waals surface area contributed by atoms with Gasteiger partial charge in [0.2, 0.25) is 0 Å². The van der Waals surface area contributed by atoms with Crippen LogP contribution in [0.25, 0.3) is 0 Å².